The standard InChI is InChI=1S/C21H21Cl2N3O3/c1-12(2)19(13-4-6-15(29-3)7-5-13)25-18(27)10-26-11-24-20-16(21(26)28)8-14(22)9-17(20)23/h4-9,11-12,19H,10H2,1-3H3,(H,25,27). The van der Waals surface area contributed by atoms with Crippen molar-refractivity contribution in [3.8, 4) is 5.75 Å². The number of hydrogen-bond acceptors (Lipinski definition) is 4. The minimum Gasteiger partial charge on any atom is -0.497 e. The van der Waals surface area contributed by atoms with Gasteiger partial charge in [-0.1, -0.05) is 49.2 Å². The van der Waals surface area contributed by atoms with Crippen LogP contribution in [0.2, 0.25) is 10.0 Å². The van der Waals surface area contributed by atoms with Gasteiger partial charge in [0.1, 0.15) is 12.3 Å². The number of fused-ring (bicyclic) bond motifs is 1. The summed E-state index contributed by atoms with van der Waals surface area (Å²) in [7, 11) is 1.60. The minimum atomic E-state index is -0.375. The zero-order valence-corrected chi connectivity index (χ0v) is 17.8. The fourth-order valence-electron chi connectivity index (χ4n) is 3.13. The Morgan fingerprint density at radius 2 is 1.90 bits per heavy atom. The molecular formula is C21H21Cl2N3O3. The second kappa shape index (κ2) is 8.84. The number of aromatic nitrogens is 2. The highest BCUT2D eigenvalue weighted by atomic mass is 35.5. The summed E-state index contributed by atoms with van der Waals surface area (Å²) in [6.07, 6.45) is 1.32. The summed E-state index contributed by atoms with van der Waals surface area (Å²) in [5.41, 5.74) is 0.938. The molecule has 8 heteroatoms. The Bertz CT molecular complexity index is 1090. The first-order chi connectivity index (χ1) is 13.8. The topological polar surface area (TPSA) is 73.2 Å². The number of carbonyl (C=O) groups is 1. The Morgan fingerprint density at radius 3 is 2.52 bits per heavy atom. The third-order valence-electron chi connectivity index (χ3n) is 4.62. The van der Waals surface area contributed by atoms with E-state index in [9.17, 15) is 9.59 Å². The number of halogens is 2. The fraction of sp³-hybridized carbons (Fsp3) is 0.286. The Labute approximate surface area is 178 Å². The molecule has 0 radical (unpaired) electrons. The number of nitrogens with one attached hydrogen (secondary N) is 1. The molecule has 0 bridgehead atoms. The van der Waals surface area contributed by atoms with Gasteiger partial charge in [0.25, 0.3) is 5.56 Å². The summed E-state index contributed by atoms with van der Waals surface area (Å²) >= 11 is 12.1. The highest BCUT2D eigenvalue weighted by Gasteiger charge is 2.19. The molecule has 0 saturated heterocycles. The van der Waals surface area contributed by atoms with Crippen LogP contribution in [0.15, 0.2) is 47.5 Å². The van der Waals surface area contributed by atoms with Gasteiger partial charge in [0.2, 0.25) is 5.91 Å². The van der Waals surface area contributed by atoms with E-state index < -0.39 is 0 Å². The second-order valence-electron chi connectivity index (χ2n) is 7.02. The van der Waals surface area contributed by atoms with Crippen molar-refractivity contribution < 1.29 is 9.53 Å². The maximum Gasteiger partial charge on any atom is 0.261 e. The minimum absolute atomic E-state index is 0.149. The average molecular weight is 434 g/mol. The first kappa shape index (κ1) is 21.1. The predicted octanol–water partition coefficient (Wildman–Crippen LogP) is 4.23. The van der Waals surface area contributed by atoms with Crippen LogP contribution in [0.3, 0.4) is 0 Å². The van der Waals surface area contributed by atoms with Crippen LogP contribution in [0.5, 0.6) is 5.75 Å². The largest absolute Gasteiger partial charge is 0.497 e. The number of ether oxygens (including phenoxy) is 1. The van der Waals surface area contributed by atoms with Crippen LogP contribution in [0, 0.1) is 5.92 Å². The van der Waals surface area contributed by atoms with Gasteiger partial charge in [0.05, 0.1) is 35.4 Å². The Hall–Kier alpha value is -2.57. The second-order valence-corrected chi connectivity index (χ2v) is 7.87. The molecule has 2 aromatic carbocycles. The Balaban J connectivity index is 1.83. The number of nitrogens with zero attached hydrogens (tertiary/aromatic N) is 2. The van der Waals surface area contributed by atoms with Crippen LogP contribution in [0.25, 0.3) is 10.9 Å². The maximum atomic E-state index is 12.7. The van der Waals surface area contributed by atoms with E-state index in [1.165, 1.54) is 23.0 Å². The summed E-state index contributed by atoms with van der Waals surface area (Å²) in [5, 5.41) is 3.90. The summed E-state index contributed by atoms with van der Waals surface area (Å²) in [6, 6.07) is 10.3. The first-order valence-corrected chi connectivity index (χ1v) is 9.83. The zero-order chi connectivity index (χ0) is 21.1. The molecule has 152 valence electrons. The molecule has 1 unspecified atom stereocenters. The van der Waals surface area contributed by atoms with Crippen molar-refractivity contribution >= 4 is 40.0 Å². The average Bonchev–Trinajstić information content (AvgIpc) is 2.68. The van der Waals surface area contributed by atoms with Crippen LogP contribution in [0.1, 0.15) is 25.5 Å². The molecule has 1 heterocycles. The molecule has 6 nitrogen and oxygen atoms in total. The SMILES string of the molecule is COc1ccc(C(NC(=O)Cn2cnc3c(Cl)cc(Cl)cc3c2=O)C(C)C)cc1. The highest BCUT2D eigenvalue weighted by molar-refractivity contribution is 6.38. The van der Waals surface area contributed by atoms with Crippen molar-refractivity contribution in [2.45, 2.75) is 26.4 Å². The molecule has 1 amide bonds. The maximum absolute atomic E-state index is 12.7. The lowest BCUT2D eigenvalue weighted by Crippen LogP contribution is -2.36. The molecule has 0 fully saturated rings. The molecule has 0 aliphatic carbocycles. The van der Waals surface area contributed by atoms with Crippen molar-refractivity contribution in [1.29, 1.82) is 0 Å². The van der Waals surface area contributed by atoms with Gasteiger partial charge in [-0.3, -0.25) is 14.2 Å². The predicted molar refractivity (Wildman–Crippen MR) is 115 cm³/mol. The molecule has 1 aromatic heterocycles. The molecule has 0 saturated carbocycles. The molecule has 1 N–H and O–H groups in total. The molecule has 0 spiro atoms. The van der Waals surface area contributed by atoms with E-state index in [4.69, 9.17) is 27.9 Å². The number of methoxy groups -OCH3 is 1. The van der Waals surface area contributed by atoms with Gasteiger partial charge in [0.15, 0.2) is 0 Å². The van der Waals surface area contributed by atoms with Gasteiger partial charge < -0.3 is 10.1 Å². The normalized spacial score (nSPS) is 12.2. The lowest BCUT2D eigenvalue weighted by molar-refractivity contribution is -0.122. The number of amides is 1. The molecule has 29 heavy (non-hydrogen) atoms. The molecule has 0 aliphatic heterocycles. The van der Waals surface area contributed by atoms with Gasteiger partial charge >= 0.3 is 0 Å². The van der Waals surface area contributed by atoms with Crippen molar-refractivity contribution in [2.24, 2.45) is 5.92 Å². The Kier molecular flexibility index (Phi) is 6.45. The van der Waals surface area contributed by atoms with Crippen LogP contribution in [-0.4, -0.2) is 22.6 Å². The molecule has 3 aromatic rings. The van der Waals surface area contributed by atoms with E-state index in [0.717, 1.165) is 11.3 Å². The van der Waals surface area contributed by atoms with Crippen LogP contribution in [-0.2, 0) is 11.3 Å². The molecule has 0 aliphatic rings. The molecule has 1 atom stereocenters. The van der Waals surface area contributed by atoms with Crippen molar-refractivity contribution in [1.82, 2.24) is 14.9 Å². The lowest BCUT2D eigenvalue weighted by atomic mass is 9.96. The number of rotatable bonds is 6. The third kappa shape index (κ3) is 4.71. The van der Waals surface area contributed by atoms with Crippen molar-refractivity contribution in [2.75, 3.05) is 7.11 Å². The molecular weight excluding hydrogens is 413 g/mol. The van der Waals surface area contributed by atoms with Gasteiger partial charge in [-0.2, -0.15) is 0 Å². The third-order valence-corrected chi connectivity index (χ3v) is 5.12. The highest BCUT2D eigenvalue weighted by Crippen LogP contribution is 2.25. The number of carbonyl (C=O) groups excluding carboxylic acids is 1. The van der Waals surface area contributed by atoms with E-state index in [1.54, 1.807) is 7.11 Å². The monoisotopic (exact) mass is 433 g/mol. The van der Waals surface area contributed by atoms with Crippen LogP contribution < -0.4 is 15.6 Å². The van der Waals surface area contributed by atoms with E-state index in [2.05, 4.69) is 10.3 Å². The first-order valence-electron chi connectivity index (χ1n) is 9.07. The Morgan fingerprint density at radius 1 is 1.21 bits per heavy atom. The van der Waals surface area contributed by atoms with Gasteiger partial charge in [-0.25, -0.2) is 4.98 Å². The van der Waals surface area contributed by atoms with Crippen molar-refractivity contribution in [3.63, 3.8) is 0 Å². The number of benzene rings is 2. The summed E-state index contributed by atoms with van der Waals surface area (Å²) in [4.78, 5) is 29.6. The smallest absolute Gasteiger partial charge is 0.261 e. The zero-order valence-electron chi connectivity index (χ0n) is 16.3. The van der Waals surface area contributed by atoms with Gasteiger partial charge in [-0.05, 0) is 35.7 Å². The van der Waals surface area contributed by atoms with E-state index >= 15 is 0 Å². The number of hydrogen-bond donors (Lipinski definition) is 1. The summed E-state index contributed by atoms with van der Waals surface area (Å²) in [6.45, 7) is 3.87. The van der Waals surface area contributed by atoms with E-state index in [1.807, 2.05) is 38.1 Å². The van der Waals surface area contributed by atoms with E-state index in [0.29, 0.717) is 15.6 Å². The van der Waals surface area contributed by atoms with E-state index in [-0.39, 0.29) is 35.4 Å². The quantitative estimate of drug-likeness (QED) is 0.631. The fourth-order valence-corrected chi connectivity index (χ4v) is 3.67. The van der Waals surface area contributed by atoms with Gasteiger partial charge in [-0.15, -0.1) is 0 Å². The lowest BCUT2D eigenvalue weighted by Gasteiger charge is -2.23. The van der Waals surface area contributed by atoms with Crippen LogP contribution >= 0.6 is 23.2 Å². The van der Waals surface area contributed by atoms with Crippen molar-refractivity contribution in [3.05, 3.63) is 68.7 Å². The summed E-state index contributed by atoms with van der Waals surface area (Å²) < 4.78 is 6.43. The van der Waals surface area contributed by atoms with Crippen LogP contribution in [0.4, 0.5) is 0 Å². The molecule has 3 rings (SSSR count). The summed E-state index contributed by atoms with van der Waals surface area (Å²) in [5.74, 6) is 0.598. The van der Waals surface area contributed by atoms with Gasteiger partial charge in [0, 0.05) is 5.02 Å².